The number of nitrogens with zero attached hydrogens (tertiary/aromatic N) is 3. The van der Waals surface area contributed by atoms with E-state index in [2.05, 4.69) is 26.0 Å². The predicted molar refractivity (Wildman–Crippen MR) is 130 cm³/mol. The minimum atomic E-state index is -0.594. The van der Waals surface area contributed by atoms with Crippen LogP contribution in [-0.2, 0) is 0 Å². The third-order valence-corrected chi connectivity index (χ3v) is 5.86. The van der Waals surface area contributed by atoms with E-state index in [-0.39, 0.29) is 39.6 Å². The van der Waals surface area contributed by atoms with Gasteiger partial charge in [-0.3, -0.25) is 14.6 Å². The topological polar surface area (TPSA) is 101 Å². The smallest absolute Gasteiger partial charge is 0.272 e. The summed E-state index contributed by atoms with van der Waals surface area (Å²) < 4.78 is 16.1. The van der Waals surface area contributed by atoms with E-state index in [4.69, 9.17) is 11.6 Å². The molecule has 10 heteroatoms. The molecule has 0 saturated carbocycles. The number of halogens is 2. The molecule has 1 fully saturated rings. The molecule has 5 rings (SSSR count). The molecule has 2 amide bonds. The number of hydrogen-bond donors (Lipinski definition) is 3. The van der Waals surface area contributed by atoms with E-state index in [9.17, 15) is 14.0 Å². The summed E-state index contributed by atoms with van der Waals surface area (Å²) in [6.45, 7) is 1.38. The van der Waals surface area contributed by atoms with Crippen molar-refractivity contribution in [2.45, 2.75) is 6.04 Å². The van der Waals surface area contributed by atoms with Crippen molar-refractivity contribution in [2.75, 3.05) is 18.4 Å². The molecule has 35 heavy (non-hydrogen) atoms. The quantitative estimate of drug-likeness (QED) is 0.383. The van der Waals surface area contributed by atoms with Gasteiger partial charge < -0.3 is 16.0 Å². The lowest BCUT2D eigenvalue weighted by Gasteiger charge is -2.27. The van der Waals surface area contributed by atoms with Crippen molar-refractivity contribution in [1.82, 2.24) is 25.4 Å². The van der Waals surface area contributed by atoms with Gasteiger partial charge in [-0.15, -0.1) is 0 Å². The number of aromatic nitrogens is 3. The number of nitrogens with one attached hydrogen (secondary N) is 3. The van der Waals surface area contributed by atoms with Gasteiger partial charge in [0.25, 0.3) is 11.8 Å². The molecular formula is C25H20ClFN6O2. The summed E-state index contributed by atoms with van der Waals surface area (Å²) in [5, 5.41) is 13.1. The Morgan fingerprint density at radius 2 is 1.80 bits per heavy atom. The van der Waals surface area contributed by atoms with Crippen molar-refractivity contribution >= 4 is 29.2 Å². The van der Waals surface area contributed by atoms with Crippen LogP contribution in [0.4, 0.5) is 10.2 Å². The molecule has 1 aliphatic rings. The number of amides is 2. The third kappa shape index (κ3) is 4.77. The van der Waals surface area contributed by atoms with Gasteiger partial charge in [-0.05, 0) is 36.4 Å². The zero-order valence-electron chi connectivity index (χ0n) is 18.3. The molecule has 3 heterocycles. The van der Waals surface area contributed by atoms with Crippen LogP contribution in [-0.4, -0.2) is 45.7 Å². The third-order valence-electron chi connectivity index (χ3n) is 5.54. The second-order valence-corrected chi connectivity index (χ2v) is 8.38. The fourth-order valence-electron chi connectivity index (χ4n) is 3.62. The normalized spacial score (nSPS) is 13.2. The number of pyridine rings is 1. The number of hydrogen-bond acceptors (Lipinski definition) is 5. The zero-order chi connectivity index (χ0) is 24.4. The Kier molecular flexibility index (Phi) is 6.26. The number of carbonyl (C=O) groups is 2. The Labute approximate surface area is 205 Å². The minimum absolute atomic E-state index is 0.0328. The Balaban J connectivity index is 1.48. The Morgan fingerprint density at radius 3 is 2.49 bits per heavy atom. The van der Waals surface area contributed by atoms with Crippen molar-refractivity contribution in [3.8, 4) is 16.9 Å². The van der Waals surface area contributed by atoms with E-state index in [0.29, 0.717) is 24.5 Å². The first kappa shape index (κ1) is 22.7. The highest BCUT2D eigenvalue weighted by atomic mass is 35.5. The number of rotatable bonds is 6. The maximum absolute atomic E-state index is 14.6. The first-order chi connectivity index (χ1) is 17.0. The molecular weight excluding hydrogens is 471 g/mol. The average Bonchev–Trinajstić information content (AvgIpc) is 3.26. The van der Waals surface area contributed by atoms with E-state index in [1.807, 2.05) is 18.2 Å². The van der Waals surface area contributed by atoms with Gasteiger partial charge in [0.05, 0.1) is 28.0 Å². The zero-order valence-corrected chi connectivity index (χ0v) is 19.1. The lowest BCUT2D eigenvalue weighted by atomic mass is 10.1. The van der Waals surface area contributed by atoms with Crippen LogP contribution in [0, 0.1) is 5.82 Å². The number of anilines is 1. The summed E-state index contributed by atoms with van der Waals surface area (Å²) in [6, 6.07) is 18.1. The molecule has 0 atom stereocenters. The standard InChI is InChI=1S/C25H20ClFN6O2/c26-19-11-20(27)18(21-8-4-5-9-29-21)10-17(19)24(34)31-23-12-22(25(35)30-15-13-28-14-15)32-33(23)16-6-2-1-3-7-16/h1-12,15,28H,13-14H2,(H,30,35)(H,31,34). The van der Waals surface area contributed by atoms with E-state index < -0.39 is 11.7 Å². The predicted octanol–water partition coefficient (Wildman–Crippen LogP) is 3.68. The molecule has 1 saturated heterocycles. The molecule has 2 aromatic heterocycles. The fourth-order valence-corrected chi connectivity index (χ4v) is 3.86. The lowest BCUT2D eigenvalue weighted by Crippen LogP contribution is -2.57. The first-order valence-corrected chi connectivity index (χ1v) is 11.3. The van der Waals surface area contributed by atoms with Crippen LogP contribution < -0.4 is 16.0 Å². The second-order valence-electron chi connectivity index (χ2n) is 7.97. The lowest BCUT2D eigenvalue weighted by molar-refractivity contribution is 0.0917. The first-order valence-electron chi connectivity index (χ1n) is 10.9. The Bertz CT molecular complexity index is 1390. The van der Waals surface area contributed by atoms with E-state index >= 15 is 0 Å². The van der Waals surface area contributed by atoms with Gasteiger partial charge in [-0.25, -0.2) is 9.07 Å². The molecule has 0 aliphatic carbocycles. The Morgan fingerprint density at radius 1 is 1.03 bits per heavy atom. The SMILES string of the molecule is O=C(NC1CNC1)c1cc(NC(=O)c2cc(-c3ccccn3)c(F)cc2Cl)n(-c2ccccc2)n1. The van der Waals surface area contributed by atoms with Gasteiger partial charge in [0.15, 0.2) is 5.69 Å². The van der Waals surface area contributed by atoms with Crippen molar-refractivity contribution in [2.24, 2.45) is 0 Å². The van der Waals surface area contributed by atoms with E-state index in [1.54, 1.807) is 30.3 Å². The fraction of sp³-hybridized carbons (Fsp3) is 0.120. The Hall–Kier alpha value is -4.08. The molecule has 1 aliphatic heterocycles. The molecule has 0 radical (unpaired) electrons. The molecule has 0 spiro atoms. The van der Waals surface area contributed by atoms with Gasteiger partial charge in [0.1, 0.15) is 11.6 Å². The van der Waals surface area contributed by atoms with E-state index in [1.165, 1.54) is 23.0 Å². The van der Waals surface area contributed by atoms with Crippen LogP contribution in [0.5, 0.6) is 0 Å². The number of para-hydroxylation sites is 1. The summed E-state index contributed by atoms with van der Waals surface area (Å²) in [5.41, 5.74) is 1.36. The molecule has 2 aromatic carbocycles. The van der Waals surface area contributed by atoms with Crippen molar-refractivity contribution in [1.29, 1.82) is 0 Å². The van der Waals surface area contributed by atoms with Crippen molar-refractivity contribution < 1.29 is 14.0 Å². The monoisotopic (exact) mass is 490 g/mol. The van der Waals surface area contributed by atoms with Gasteiger partial charge in [-0.2, -0.15) is 5.10 Å². The highest BCUT2D eigenvalue weighted by molar-refractivity contribution is 6.34. The molecule has 0 unspecified atom stereocenters. The summed E-state index contributed by atoms with van der Waals surface area (Å²) in [7, 11) is 0. The molecule has 8 nitrogen and oxygen atoms in total. The van der Waals surface area contributed by atoms with Crippen molar-refractivity contribution in [3.63, 3.8) is 0 Å². The van der Waals surface area contributed by atoms with Crippen LogP contribution in [0.25, 0.3) is 16.9 Å². The molecule has 0 bridgehead atoms. The van der Waals surface area contributed by atoms with Crippen LogP contribution in [0.1, 0.15) is 20.8 Å². The van der Waals surface area contributed by atoms with Crippen molar-refractivity contribution in [3.05, 3.63) is 95.0 Å². The molecule has 3 N–H and O–H groups in total. The average molecular weight is 491 g/mol. The number of benzene rings is 2. The maximum atomic E-state index is 14.6. The van der Waals surface area contributed by atoms with Gasteiger partial charge >= 0.3 is 0 Å². The summed E-state index contributed by atoms with van der Waals surface area (Å²) >= 11 is 6.23. The van der Waals surface area contributed by atoms with Gasteiger partial charge in [0, 0.05) is 30.9 Å². The van der Waals surface area contributed by atoms with Gasteiger partial charge in [-0.1, -0.05) is 35.9 Å². The summed E-state index contributed by atoms with van der Waals surface area (Å²) in [5.74, 6) is -1.26. The highest BCUT2D eigenvalue weighted by Crippen LogP contribution is 2.28. The minimum Gasteiger partial charge on any atom is -0.345 e. The van der Waals surface area contributed by atoms with Crippen LogP contribution >= 0.6 is 11.6 Å². The largest absolute Gasteiger partial charge is 0.345 e. The summed E-state index contributed by atoms with van der Waals surface area (Å²) in [6.07, 6.45) is 1.54. The summed E-state index contributed by atoms with van der Waals surface area (Å²) in [4.78, 5) is 30.1. The van der Waals surface area contributed by atoms with Crippen LogP contribution in [0.15, 0.2) is 72.9 Å². The van der Waals surface area contributed by atoms with Gasteiger partial charge in [0.2, 0.25) is 0 Å². The molecule has 4 aromatic rings. The second kappa shape index (κ2) is 9.65. The number of carbonyl (C=O) groups excluding carboxylic acids is 2. The van der Waals surface area contributed by atoms with Crippen LogP contribution in [0.2, 0.25) is 5.02 Å². The maximum Gasteiger partial charge on any atom is 0.272 e. The highest BCUT2D eigenvalue weighted by Gasteiger charge is 2.24. The van der Waals surface area contributed by atoms with E-state index in [0.717, 1.165) is 6.07 Å². The molecule has 176 valence electrons. The van der Waals surface area contributed by atoms with Crippen LogP contribution in [0.3, 0.4) is 0 Å².